The summed E-state index contributed by atoms with van der Waals surface area (Å²) in [5.74, 6) is 0.960. The van der Waals surface area contributed by atoms with Gasteiger partial charge < -0.3 is 15.4 Å². The van der Waals surface area contributed by atoms with Gasteiger partial charge in [0.15, 0.2) is 5.72 Å². The number of ether oxygens (including phenoxy) is 1. The number of fused-ring (bicyclic) bond motifs is 4. The van der Waals surface area contributed by atoms with Crippen molar-refractivity contribution in [3.8, 4) is 5.75 Å². The second kappa shape index (κ2) is 7.96. The molecule has 6 nitrogen and oxygen atoms in total. The molecular formula is C27H27N3O3. The molecule has 2 bridgehead atoms. The zero-order chi connectivity index (χ0) is 23.2. The summed E-state index contributed by atoms with van der Waals surface area (Å²) in [5, 5.41) is 6.03. The van der Waals surface area contributed by atoms with Gasteiger partial charge in [-0.1, -0.05) is 50.2 Å². The van der Waals surface area contributed by atoms with E-state index >= 15 is 0 Å². The molecule has 0 aliphatic carbocycles. The maximum Gasteiger partial charge on any atom is 0.325 e. The molecule has 0 spiro atoms. The fourth-order valence-corrected chi connectivity index (χ4v) is 4.65. The van der Waals surface area contributed by atoms with E-state index in [0.29, 0.717) is 23.6 Å². The van der Waals surface area contributed by atoms with Crippen molar-refractivity contribution in [2.45, 2.75) is 44.9 Å². The van der Waals surface area contributed by atoms with Crippen LogP contribution in [0.3, 0.4) is 0 Å². The van der Waals surface area contributed by atoms with E-state index in [9.17, 15) is 9.59 Å². The van der Waals surface area contributed by atoms with Crippen LogP contribution >= 0.6 is 0 Å². The van der Waals surface area contributed by atoms with Gasteiger partial charge >= 0.3 is 6.03 Å². The van der Waals surface area contributed by atoms with Crippen LogP contribution in [-0.4, -0.2) is 17.7 Å². The van der Waals surface area contributed by atoms with E-state index in [2.05, 4.69) is 24.5 Å². The molecule has 1 fully saturated rings. The van der Waals surface area contributed by atoms with Crippen LogP contribution in [0.2, 0.25) is 0 Å². The summed E-state index contributed by atoms with van der Waals surface area (Å²) in [4.78, 5) is 27.7. The molecule has 1 saturated heterocycles. The summed E-state index contributed by atoms with van der Waals surface area (Å²) in [6.45, 7) is 6.18. The van der Waals surface area contributed by atoms with Crippen molar-refractivity contribution >= 4 is 23.3 Å². The number of carbonyl (C=O) groups is 2. The number of para-hydroxylation sites is 1. The van der Waals surface area contributed by atoms with Crippen LogP contribution in [0, 0.1) is 0 Å². The Morgan fingerprint density at radius 3 is 2.61 bits per heavy atom. The summed E-state index contributed by atoms with van der Waals surface area (Å²) in [5.41, 5.74) is 3.15. The molecule has 2 atom stereocenters. The van der Waals surface area contributed by atoms with E-state index in [1.165, 1.54) is 5.56 Å². The molecular weight excluding hydrogens is 414 g/mol. The van der Waals surface area contributed by atoms with Crippen molar-refractivity contribution in [2.24, 2.45) is 0 Å². The van der Waals surface area contributed by atoms with Crippen molar-refractivity contribution in [3.05, 3.63) is 89.5 Å². The van der Waals surface area contributed by atoms with E-state index in [0.717, 1.165) is 17.0 Å². The molecule has 2 N–H and O–H groups in total. The van der Waals surface area contributed by atoms with E-state index in [-0.39, 0.29) is 18.0 Å². The Morgan fingerprint density at radius 1 is 1.09 bits per heavy atom. The van der Waals surface area contributed by atoms with Crippen LogP contribution in [0.25, 0.3) is 0 Å². The monoisotopic (exact) mass is 441 g/mol. The Hall–Kier alpha value is -3.80. The number of rotatable bonds is 4. The number of benzene rings is 3. The molecule has 0 radical (unpaired) electrons. The summed E-state index contributed by atoms with van der Waals surface area (Å²) in [6, 6.07) is 22.3. The highest BCUT2D eigenvalue weighted by Gasteiger charge is 2.49. The number of urea groups is 1. The number of nitrogens with one attached hydrogen (secondary N) is 2. The third-order valence-corrected chi connectivity index (χ3v) is 6.38. The summed E-state index contributed by atoms with van der Waals surface area (Å²) in [6.07, 6.45) is 0.606. The van der Waals surface area contributed by atoms with Crippen molar-refractivity contribution in [3.63, 3.8) is 0 Å². The molecule has 5 rings (SSSR count). The first kappa shape index (κ1) is 21.1. The Kier molecular flexibility index (Phi) is 5.08. The standard InChI is InChI=1S/C27H27N3O3/c1-17(2)18-11-13-20(14-12-18)28-25(31)19-7-6-8-21(15-19)30-26(32)29-23-16-27(30,3)33-24-10-5-4-9-22(23)24/h4-15,17,23H,16H2,1-3H3,(H,28,31)(H,29,32). The van der Waals surface area contributed by atoms with E-state index < -0.39 is 5.72 Å². The first-order valence-corrected chi connectivity index (χ1v) is 11.2. The highest BCUT2D eigenvalue weighted by Crippen LogP contribution is 2.45. The maximum absolute atomic E-state index is 13.1. The molecule has 3 amide bonds. The Morgan fingerprint density at radius 2 is 1.85 bits per heavy atom. The zero-order valence-electron chi connectivity index (χ0n) is 19.0. The largest absolute Gasteiger partial charge is 0.467 e. The smallest absolute Gasteiger partial charge is 0.325 e. The fourth-order valence-electron chi connectivity index (χ4n) is 4.65. The summed E-state index contributed by atoms with van der Waals surface area (Å²) < 4.78 is 6.32. The molecule has 0 saturated carbocycles. The van der Waals surface area contributed by atoms with Crippen LogP contribution in [0.4, 0.5) is 16.2 Å². The van der Waals surface area contributed by atoms with Crippen molar-refractivity contribution in [2.75, 3.05) is 10.2 Å². The number of amides is 3. The van der Waals surface area contributed by atoms with Crippen molar-refractivity contribution in [1.82, 2.24) is 5.32 Å². The number of carbonyl (C=O) groups excluding carboxylic acids is 2. The minimum absolute atomic E-state index is 0.107. The molecule has 2 aliphatic heterocycles. The van der Waals surface area contributed by atoms with Gasteiger partial charge in [-0.05, 0) is 54.8 Å². The minimum Gasteiger partial charge on any atom is -0.467 e. The van der Waals surface area contributed by atoms with Crippen LogP contribution in [0.5, 0.6) is 5.75 Å². The third-order valence-electron chi connectivity index (χ3n) is 6.38. The van der Waals surface area contributed by atoms with Gasteiger partial charge in [0.2, 0.25) is 0 Å². The summed E-state index contributed by atoms with van der Waals surface area (Å²) in [7, 11) is 0. The average Bonchev–Trinajstić information content (AvgIpc) is 2.79. The third kappa shape index (κ3) is 3.82. The van der Waals surface area contributed by atoms with Gasteiger partial charge in [-0.15, -0.1) is 0 Å². The maximum atomic E-state index is 13.1. The summed E-state index contributed by atoms with van der Waals surface area (Å²) >= 11 is 0. The highest BCUT2D eigenvalue weighted by atomic mass is 16.5. The van der Waals surface area contributed by atoms with Gasteiger partial charge in [0.25, 0.3) is 5.91 Å². The van der Waals surface area contributed by atoms with Crippen LogP contribution in [-0.2, 0) is 0 Å². The van der Waals surface area contributed by atoms with Crippen molar-refractivity contribution < 1.29 is 14.3 Å². The minimum atomic E-state index is -0.858. The van der Waals surface area contributed by atoms with Crippen LogP contribution < -0.4 is 20.3 Å². The normalized spacial score (nSPS) is 21.2. The molecule has 2 unspecified atom stereocenters. The molecule has 0 aromatic heterocycles. The van der Waals surface area contributed by atoms with Gasteiger partial charge in [0, 0.05) is 23.2 Å². The Balaban J connectivity index is 1.41. The molecule has 2 aliphatic rings. The Labute approximate surface area is 193 Å². The molecule has 2 heterocycles. The molecule has 6 heteroatoms. The van der Waals surface area contributed by atoms with E-state index in [1.54, 1.807) is 23.1 Å². The van der Waals surface area contributed by atoms with Crippen LogP contribution in [0.15, 0.2) is 72.8 Å². The average molecular weight is 442 g/mol. The number of anilines is 2. The lowest BCUT2D eigenvalue weighted by Gasteiger charge is -2.50. The van der Waals surface area contributed by atoms with Crippen LogP contribution in [0.1, 0.15) is 60.6 Å². The molecule has 168 valence electrons. The lowest BCUT2D eigenvalue weighted by atomic mass is 9.90. The predicted molar refractivity (Wildman–Crippen MR) is 129 cm³/mol. The zero-order valence-corrected chi connectivity index (χ0v) is 19.0. The lowest BCUT2D eigenvalue weighted by molar-refractivity contribution is 0.0378. The molecule has 3 aromatic carbocycles. The molecule has 33 heavy (non-hydrogen) atoms. The first-order chi connectivity index (χ1) is 15.8. The lowest BCUT2D eigenvalue weighted by Crippen LogP contribution is -2.65. The topological polar surface area (TPSA) is 70.7 Å². The Bertz CT molecular complexity index is 1220. The highest BCUT2D eigenvalue weighted by molar-refractivity contribution is 6.05. The quantitative estimate of drug-likeness (QED) is 0.535. The van der Waals surface area contributed by atoms with Gasteiger partial charge in [-0.3, -0.25) is 9.69 Å². The fraction of sp³-hybridized carbons (Fsp3) is 0.259. The number of hydrogen-bond donors (Lipinski definition) is 2. The van der Waals surface area contributed by atoms with E-state index in [1.807, 2.05) is 61.5 Å². The van der Waals surface area contributed by atoms with Gasteiger partial charge in [-0.2, -0.15) is 0 Å². The van der Waals surface area contributed by atoms with Gasteiger partial charge in [-0.25, -0.2) is 4.79 Å². The number of nitrogens with zero attached hydrogens (tertiary/aromatic N) is 1. The molecule has 3 aromatic rings. The van der Waals surface area contributed by atoms with Crippen molar-refractivity contribution in [1.29, 1.82) is 0 Å². The van der Waals surface area contributed by atoms with Gasteiger partial charge in [0.1, 0.15) is 5.75 Å². The number of hydrogen-bond acceptors (Lipinski definition) is 3. The first-order valence-electron chi connectivity index (χ1n) is 11.2. The predicted octanol–water partition coefficient (Wildman–Crippen LogP) is 5.83. The second-order valence-corrected chi connectivity index (χ2v) is 9.14. The van der Waals surface area contributed by atoms with E-state index in [4.69, 9.17) is 4.74 Å². The second-order valence-electron chi connectivity index (χ2n) is 9.14. The van der Waals surface area contributed by atoms with Gasteiger partial charge in [0.05, 0.1) is 11.7 Å². The SMILES string of the molecule is CC(C)c1ccc(NC(=O)c2cccc(N3C(=O)NC4CC3(C)Oc3ccccc34)c2)cc1.